The van der Waals surface area contributed by atoms with Crippen molar-refractivity contribution in [1.29, 1.82) is 0 Å². The fourth-order valence-corrected chi connectivity index (χ4v) is 4.63. The highest BCUT2D eigenvalue weighted by Crippen LogP contribution is 2.23. The van der Waals surface area contributed by atoms with E-state index in [2.05, 4.69) is 86.9 Å². The predicted octanol–water partition coefficient (Wildman–Crippen LogP) is 4.44. The van der Waals surface area contributed by atoms with E-state index in [4.69, 9.17) is 9.72 Å². The molecule has 0 amide bonds. The quantitative estimate of drug-likeness (QED) is 0.543. The van der Waals surface area contributed by atoms with Crippen molar-refractivity contribution >= 4 is 23.1 Å². The van der Waals surface area contributed by atoms with Gasteiger partial charge in [0.05, 0.1) is 13.2 Å². The lowest BCUT2D eigenvalue weighted by Crippen LogP contribution is -2.38. The first-order chi connectivity index (χ1) is 16.7. The number of anilines is 4. The van der Waals surface area contributed by atoms with Crippen molar-refractivity contribution in [1.82, 2.24) is 14.9 Å². The first-order valence-electron chi connectivity index (χ1n) is 12.3. The van der Waals surface area contributed by atoms with Crippen LogP contribution in [0, 0.1) is 6.92 Å². The van der Waals surface area contributed by atoms with Gasteiger partial charge in [-0.1, -0.05) is 30.3 Å². The van der Waals surface area contributed by atoms with Crippen LogP contribution in [0.5, 0.6) is 0 Å². The molecule has 178 valence electrons. The Labute approximate surface area is 202 Å². The third kappa shape index (κ3) is 5.85. The van der Waals surface area contributed by atoms with Crippen LogP contribution in [0.15, 0.2) is 60.8 Å². The Kier molecular flexibility index (Phi) is 7.22. The normalized spacial score (nSPS) is 17.5. The summed E-state index contributed by atoms with van der Waals surface area (Å²) in [6, 6.07) is 19.6. The van der Waals surface area contributed by atoms with Crippen molar-refractivity contribution in [2.75, 3.05) is 54.9 Å². The van der Waals surface area contributed by atoms with E-state index in [0.29, 0.717) is 12.0 Å². The molecular formula is C27H34N6O. The number of piperidine rings is 1. The minimum atomic E-state index is 0.432. The standard InChI is InChI=1S/C27H34N6O/c1-21-19-28-27(30-23-7-9-25(10-8-23)33-15-17-34-18-16-33)31-26(21)29-24-11-13-32(14-12-24)20-22-5-3-2-4-6-22/h2-10,19,24H,11-18,20H2,1H3,(H2,28,29,30,31). The molecule has 0 radical (unpaired) electrons. The second-order valence-corrected chi connectivity index (χ2v) is 9.18. The van der Waals surface area contributed by atoms with E-state index in [1.54, 1.807) is 0 Å². The molecule has 3 heterocycles. The number of morpholine rings is 1. The second-order valence-electron chi connectivity index (χ2n) is 9.18. The van der Waals surface area contributed by atoms with Crippen molar-refractivity contribution in [3.8, 4) is 0 Å². The first kappa shape index (κ1) is 22.6. The monoisotopic (exact) mass is 458 g/mol. The zero-order valence-corrected chi connectivity index (χ0v) is 19.9. The Morgan fingerprint density at radius 2 is 1.68 bits per heavy atom. The molecule has 0 unspecified atom stereocenters. The summed E-state index contributed by atoms with van der Waals surface area (Å²) in [6.45, 7) is 8.74. The molecule has 0 aliphatic carbocycles. The highest BCUT2D eigenvalue weighted by atomic mass is 16.5. The Hall–Kier alpha value is -3.16. The third-order valence-electron chi connectivity index (χ3n) is 6.65. The predicted molar refractivity (Wildman–Crippen MR) is 138 cm³/mol. The summed E-state index contributed by atoms with van der Waals surface area (Å²) in [4.78, 5) is 14.2. The van der Waals surface area contributed by atoms with Crippen molar-refractivity contribution in [3.63, 3.8) is 0 Å². The van der Waals surface area contributed by atoms with E-state index < -0.39 is 0 Å². The Bertz CT molecular complexity index is 1040. The number of aromatic nitrogens is 2. The lowest BCUT2D eigenvalue weighted by molar-refractivity contribution is 0.122. The molecule has 5 rings (SSSR count). The molecule has 2 saturated heterocycles. The van der Waals surface area contributed by atoms with Crippen LogP contribution in [0.2, 0.25) is 0 Å². The van der Waals surface area contributed by atoms with Crippen molar-refractivity contribution in [3.05, 3.63) is 71.9 Å². The molecule has 3 aromatic rings. The number of rotatable bonds is 7. The van der Waals surface area contributed by atoms with Crippen LogP contribution >= 0.6 is 0 Å². The molecule has 0 bridgehead atoms. The minimum absolute atomic E-state index is 0.432. The van der Waals surface area contributed by atoms with Gasteiger partial charge in [0.15, 0.2) is 0 Å². The Balaban J connectivity index is 1.16. The van der Waals surface area contributed by atoms with Gasteiger partial charge < -0.3 is 20.3 Å². The number of ether oxygens (including phenoxy) is 1. The SMILES string of the molecule is Cc1cnc(Nc2ccc(N3CCOCC3)cc2)nc1NC1CCN(Cc2ccccc2)CC1. The van der Waals surface area contributed by atoms with Gasteiger partial charge in [-0.25, -0.2) is 4.98 Å². The van der Waals surface area contributed by atoms with E-state index in [-0.39, 0.29) is 0 Å². The number of hydrogen-bond donors (Lipinski definition) is 2. The van der Waals surface area contributed by atoms with E-state index in [9.17, 15) is 0 Å². The topological polar surface area (TPSA) is 65.5 Å². The average molecular weight is 459 g/mol. The van der Waals surface area contributed by atoms with Crippen molar-refractivity contribution in [2.24, 2.45) is 0 Å². The molecule has 7 heteroatoms. The maximum atomic E-state index is 5.45. The zero-order chi connectivity index (χ0) is 23.2. The van der Waals surface area contributed by atoms with Gasteiger partial charge in [-0.3, -0.25) is 4.90 Å². The highest BCUT2D eigenvalue weighted by molar-refractivity contribution is 5.60. The smallest absolute Gasteiger partial charge is 0.229 e. The van der Waals surface area contributed by atoms with Crippen LogP contribution in [-0.2, 0) is 11.3 Å². The van der Waals surface area contributed by atoms with Crippen molar-refractivity contribution < 1.29 is 4.74 Å². The fourth-order valence-electron chi connectivity index (χ4n) is 4.63. The highest BCUT2D eigenvalue weighted by Gasteiger charge is 2.20. The number of likely N-dealkylation sites (tertiary alicyclic amines) is 1. The second kappa shape index (κ2) is 10.8. The zero-order valence-electron chi connectivity index (χ0n) is 19.9. The number of nitrogens with one attached hydrogen (secondary N) is 2. The molecule has 0 saturated carbocycles. The van der Waals surface area contributed by atoms with Crippen LogP contribution in [0.1, 0.15) is 24.0 Å². The van der Waals surface area contributed by atoms with E-state index in [1.165, 1.54) is 11.3 Å². The first-order valence-corrected chi connectivity index (χ1v) is 12.3. The molecule has 2 aromatic carbocycles. The van der Waals surface area contributed by atoms with Crippen LogP contribution in [-0.4, -0.2) is 60.3 Å². The van der Waals surface area contributed by atoms with Gasteiger partial charge in [0.2, 0.25) is 5.95 Å². The summed E-state index contributed by atoms with van der Waals surface area (Å²) in [7, 11) is 0. The van der Waals surface area contributed by atoms with Gasteiger partial charge in [-0.2, -0.15) is 4.98 Å². The van der Waals surface area contributed by atoms with E-state index in [0.717, 1.165) is 75.8 Å². The molecular weight excluding hydrogens is 424 g/mol. The molecule has 7 nitrogen and oxygen atoms in total. The molecule has 0 spiro atoms. The van der Waals surface area contributed by atoms with Gasteiger partial charge in [-0.15, -0.1) is 0 Å². The summed E-state index contributed by atoms with van der Waals surface area (Å²) in [6.07, 6.45) is 4.12. The van der Waals surface area contributed by atoms with Gasteiger partial charge >= 0.3 is 0 Å². The maximum absolute atomic E-state index is 5.45. The van der Waals surface area contributed by atoms with Gasteiger partial charge in [-0.05, 0) is 49.6 Å². The summed E-state index contributed by atoms with van der Waals surface area (Å²) in [5, 5.41) is 7.04. The molecule has 2 aliphatic rings. The molecule has 1 aromatic heterocycles. The number of hydrogen-bond acceptors (Lipinski definition) is 7. The van der Waals surface area contributed by atoms with Crippen LogP contribution in [0.4, 0.5) is 23.1 Å². The lowest BCUT2D eigenvalue weighted by atomic mass is 10.0. The lowest BCUT2D eigenvalue weighted by Gasteiger charge is -2.32. The number of benzene rings is 2. The number of nitrogens with zero attached hydrogens (tertiary/aromatic N) is 4. The van der Waals surface area contributed by atoms with Crippen molar-refractivity contribution in [2.45, 2.75) is 32.4 Å². The molecule has 2 aliphatic heterocycles. The van der Waals surface area contributed by atoms with Gasteiger partial charge in [0, 0.05) is 61.9 Å². The minimum Gasteiger partial charge on any atom is -0.378 e. The summed E-state index contributed by atoms with van der Waals surface area (Å²) < 4.78 is 5.45. The van der Waals surface area contributed by atoms with Gasteiger partial charge in [0.25, 0.3) is 0 Å². The number of aryl methyl sites for hydroxylation is 1. The van der Waals surface area contributed by atoms with Crippen LogP contribution < -0.4 is 15.5 Å². The fraction of sp³-hybridized carbons (Fsp3) is 0.407. The average Bonchev–Trinajstić information content (AvgIpc) is 2.89. The summed E-state index contributed by atoms with van der Waals surface area (Å²) in [5.41, 5.74) is 4.66. The Morgan fingerprint density at radius 3 is 2.41 bits per heavy atom. The maximum Gasteiger partial charge on any atom is 0.229 e. The molecule has 2 fully saturated rings. The molecule has 0 atom stereocenters. The van der Waals surface area contributed by atoms with Crippen LogP contribution in [0.25, 0.3) is 0 Å². The molecule has 2 N–H and O–H groups in total. The summed E-state index contributed by atoms with van der Waals surface area (Å²) >= 11 is 0. The van der Waals surface area contributed by atoms with Crippen LogP contribution in [0.3, 0.4) is 0 Å². The van der Waals surface area contributed by atoms with E-state index in [1.807, 2.05) is 6.20 Å². The van der Waals surface area contributed by atoms with E-state index >= 15 is 0 Å². The largest absolute Gasteiger partial charge is 0.378 e. The third-order valence-corrected chi connectivity index (χ3v) is 6.65. The summed E-state index contributed by atoms with van der Waals surface area (Å²) in [5.74, 6) is 1.54. The van der Waals surface area contributed by atoms with Gasteiger partial charge in [0.1, 0.15) is 5.82 Å². The Morgan fingerprint density at radius 1 is 0.941 bits per heavy atom. The molecule has 34 heavy (non-hydrogen) atoms.